The van der Waals surface area contributed by atoms with E-state index in [1.54, 1.807) is 6.07 Å². The second-order valence-electron chi connectivity index (χ2n) is 7.17. The summed E-state index contributed by atoms with van der Waals surface area (Å²) in [4.78, 5) is 22.8. The summed E-state index contributed by atoms with van der Waals surface area (Å²) in [6.45, 7) is 2.53. The van der Waals surface area contributed by atoms with E-state index < -0.39 is 5.97 Å². The Morgan fingerprint density at radius 2 is 1.59 bits per heavy atom. The van der Waals surface area contributed by atoms with Crippen LogP contribution < -0.4 is 10.1 Å². The first-order chi connectivity index (χ1) is 14.1. The van der Waals surface area contributed by atoms with Gasteiger partial charge in [0.25, 0.3) is 0 Å². The molecule has 0 fully saturated rings. The number of amides is 1. The van der Waals surface area contributed by atoms with Crippen molar-refractivity contribution in [1.29, 1.82) is 0 Å². The predicted octanol–water partition coefficient (Wildman–Crippen LogP) is 6.13. The maximum atomic E-state index is 12.2. The molecule has 2 N–H and O–H groups in total. The van der Waals surface area contributed by atoms with Crippen molar-refractivity contribution >= 4 is 29.3 Å². The number of ether oxygens (including phenoxy) is 1. The molecule has 0 atom stereocenters. The molecule has 1 aromatic carbocycles. The van der Waals surface area contributed by atoms with Crippen LogP contribution in [-0.2, 0) is 9.59 Å². The number of hydrogen-bond acceptors (Lipinski definition) is 4. The smallest absolute Gasteiger partial charge is 0.303 e. The number of aliphatic carboxylic acids is 1. The monoisotopic (exact) mass is 423 g/mol. The quantitative estimate of drug-likeness (QED) is 0.278. The van der Waals surface area contributed by atoms with Crippen molar-refractivity contribution in [2.45, 2.75) is 77.6 Å². The van der Waals surface area contributed by atoms with Crippen LogP contribution in [0.5, 0.6) is 5.75 Å². The number of para-hydroxylation sites is 2. The fraction of sp³-hybridized carbons (Fsp3) is 0.652. The Morgan fingerprint density at radius 3 is 2.28 bits per heavy atom. The molecular weight excluding hydrogens is 386 g/mol. The highest BCUT2D eigenvalue weighted by Gasteiger charge is 2.08. The summed E-state index contributed by atoms with van der Waals surface area (Å²) in [7, 11) is 0. The maximum Gasteiger partial charge on any atom is 0.303 e. The number of rotatable bonds is 18. The summed E-state index contributed by atoms with van der Waals surface area (Å²) in [6.07, 6.45) is 10.8. The van der Waals surface area contributed by atoms with E-state index in [2.05, 4.69) is 12.2 Å². The van der Waals surface area contributed by atoms with Crippen molar-refractivity contribution in [3.63, 3.8) is 0 Å². The highest BCUT2D eigenvalue weighted by molar-refractivity contribution is 7.99. The van der Waals surface area contributed by atoms with Crippen LogP contribution in [0.2, 0.25) is 0 Å². The molecule has 0 aliphatic carbocycles. The maximum absolute atomic E-state index is 12.2. The molecule has 1 amide bonds. The number of nitrogens with one attached hydrogen (secondary N) is 1. The van der Waals surface area contributed by atoms with Gasteiger partial charge >= 0.3 is 5.97 Å². The van der Waals surface area contributed by atoms with Crippen LogP contribution in [0.15, 0.2) is 24.3 Å². The van der Waals surface area contributed by atoms with Crippen LogP contribution >= 0.6 is 11.8 Å². The van der Waals surface area contributed by atoms with E-state index in [1.807, 2.05) is 30.0 Å². The fourth-order valence-electron chi connectivity index (χ4n) is 3.01. The van der Waals surface area contributed by atoms with Crippen LogP contribution in [0.25, 0.3) is 0 Å². The number of carbonyl (C=O) groups excluding carboxylic acids is 1. The number of carbonyl (C=O) groups is 2. The molecule has 0 aliphatic rings. The predicted molar refractivity (Wildman–Crippen MR) is 122 cm³/mol. The number of benzene rings is 1. The zero-order valence-electron chi connectivity index (χ0n) is 17.8. The fourth-order valence-corrected chi connectivity index (χ4v) is 3.71. The van der Waals surface area contributed by atoms with E-state index in [0.29, 0.717) is 30.9 Å². The lowest BCUT2D eigenvalue weighted by atomic mass is 10.1. The van der Waals surface area contributed by atoms with Gasteiger partial charge in [0.15, 0.2) is 0 Å². The van der Waals surface area contributed by atoms with Gasteiger partial charge in [-0.2, -0.15) is 11.8 Å². The third kappa shape index (κ3) is 14.0. The Bertz CT molecular complexity index is 580. The first kappa shape index (κ1) is 25.3. The van der Waals surface area contributed by atoms with Gasteiger partial charge in [0.05, 0.1) is 12.3 Å². The number of carboxylic acid groups (broad SMARTS) is 1. The molecule has 29 heavy (non-hydrogen) atoms. The average molecular weight is 424 g/mol. The zero-order chi connectivity index (χ0) is 21.2. The molecule has 0 unspecified atom stereocenters. The molecule has 0 aliphatic heterocycles. The van der Waals surface area contributed by atoms with E-state index >= 15 is 0 Å². The van der Waals surface area contributed by atoms with E-state index in [1.165, 1.54) is 50.0 Å². The SMILES string of the molecule is CCSCCCCCCCCCCC(=O)Nc1ccccc1OCCCC(=O)O. The largest absolute Gasteiger partial charge is 0.491 e. The van der Waals surface area contributed by atoms with E-state index in [0.717, 1.165) is 12.8 Å². The van der Waals surface area contributed by atoms with Gasteiger partial charge in [0, 0.05) is 12.8 Å². The minimum atomic E-state index is -0.832. The van der Waals surface area contributed by atoms with Crippen molar-refractivity contribution < 1.29 is 19.4 Å². The third-order valence-corrected chi connectivity index (χ3v) is 5.59. The molecule has 0 spiro atoms. The van der Waals surface area contributed by atoms with Crippen LogP contribution in [0, 0.1) is 0 Å². The molecule has 0 saturated heterocycles. The molecule has 0 aromatic heterocycles. The minimum Gasteiger partial charge on any atom is -0.491 e. The topological polar surface area (TPSA) is 75.6 Å². The van der Waals surface area contributed by atoms with Crippen LogP contribution in [0.1, 0.15) is 77.6 Å². The Morgan fingerprint density at radius 1 is 0.931 bits per heavy atom. The summed E-state index contributed by atoms with van der Waals surface area (Å²) < 4.78 is 5.62. The number of thioether (sulfide) groups is 1. The summed E-state index contributed by atoms with van der Waals surface area (Å²) in [5.74, 6) is 2.27. The molecule has 0 radical (unpaired) electrons. The van der Waals surface area contributed by atoms with E-state index in [9.17, 15) is 9.59 Å². The Hall–Kier alpha value is -1.69. The van der Waals surface area contributed by atoms with E-state index in [-0.39, 0.29) is 12.3 Å². The first-order valence-electron chi connectivity index (χ1n) is 10.9. The summed E-state index contributed by atoms with van der Waals surface area (Å²) in [6, 6.07) is 7.28. The molecule has 0 bridgehead atoms. The number of unbranched alkanes of at least 4 members (excludes halogenated alkanes) is 7. The normalized spacial score (nSPS) is 10.7. The molecule has 1 aromatic rings. The number of hydrogen-bond donors (Lipinski definition) is 2. The molecule has 164 valence electrons. The van der Waals surface area contributed by atoms with Crippen molar-refractivity contribution in [2.24, 2.45) is 0 Å². The van der Waals surface area contributed by atoms with Gasteiger partial charge in [-0.15, -0.1) is 0 Å². The molecular formula is C23H37NO4S. The summed E-state index contributed by atoms with van der Waals surface area (Å²) in [5, 5.41) is 11.6. The van der Waals surface area contributed by atoms with Crippen LogP contribution in [-0.4, -0.2) is 35.1 Å². The molecule has 5 nitrogen and oxygen atoms in total. The molecule has 1 rings (SSSR count). The van der Waals surface area contributed by atoms with Gasteiger partial charge in [-0.25, -0.2) is 0 Å². The van der Waals surface area contributed by atoms with Crippen molar-refractivity contribution in [2.75, 3.05) is 23.4 Å². The lowest BCUT2D eigenvalue weighted by Gasteiger charge is -2.12. The Kier molecular flexibility index (Phi) is 15.0. The standard InChI is InChI=1S/C23H37NO4S/c1-2-29-19-12-8-6-4-3-5-7-9-16-22(25)24-20-14-10-11-15-21(20)28-18-13-17-23(26)27/h10-11,14-15H,2-9,12-13,16-19H2,1H3,(H,24,25)(H,26,27). The van der Waals surface area contributed by atoms with Crippen molar-refractivity contribution in [3.05, 3.63) is 24.3 Å². The molecule has 6 heteroatoms. The van der Waals surface area contributed by atoms with Gasteiger partial charge < -0.3 is 15.2 Å². The number of anilines is 1. The zero-order valence-corrected chi connectivity index (χ0v) is 18.6. The minimum absolute atomic E-state index is 0.00000937. The second-order valence-corrected chi connectivity index (χ2v) is 8.56. The lowest BCUT2D eigenvalue weighted by molar-refractivity contribution is -0.137. The van der Waals surface area contributed by atoms with Crippen LogP contribution in [0.3, 0.4) is 0 Å². The van der Waals surface area contributed by atoms with E-state index in [4.69, 9.17) is 9.84 Å². The molecule has 0 saturated carbocycles. The Balaban J connectivity index is 2.12. The van der Waals surface area contributed by atoms with Crippen LogP contribution in [0.4, 0.5) is 5.69 Å². The number of carboxylic acids is 1. The summed E-state index contributed by atoms with van der Waals surface area (Å²) >= 11 is 2.03. The van der Waals surface area contributed by atoms with Gasteiger partial charge in [-0.3, -0.25) is 9.59 Å². The van der Waals surface area contributed by atoms with Gasteiger partial charge in [-0.05, 0) is 42.9 Å². The lowest BCUT2D eigenvalue weighted by Crippen LogP contribution is -2.12. The highest BCUT2D eigenvalue weighted by Crippen LogP contribution is 2.24. The van der Waals surface area contributed by atoms with Gasteiger partial charge in [-0.1, -0.05) is 57.6 Å². The first-order valence-corrected chi connectivity index (χ1v) is 12.1. The Labute approximate surface area is 180 Å². The summed E-state index contributed by atoms with van der Waals surface area (Å²) in [5.41, 5.74) is 0.647. The second kappa shape index (κ2) is 17.2. The van der Waals surface area contributed by atoms with Crippen molar-refractivity contribution in [3.8, 4) is 5.75 Å². The molecule has 0 heterocycles. The highest BCUT2D eigenvalue weighted by atomic mass is 32.2. The average Bonchev–Trinajstić information content (AvgIpc) is 2.70. The van der Waals surface area contributed by atoms with Gasteiger partial charge in [0.1, 0.15) is 5.75 Å². The van der Waals surface area contributed by atoms with Crippen molar-refractivity contribution in [1.82, 2.24) is 0 Å². The van der Waals surface area contributed by atoms with Gasteiger partial charge in [0.2, 0.25) is 5.91 Å². The third-order valence-electron chi connectivity index (χ3n) is 4.60.